The highest BCUT2D eigenvalue weighted by atomic mass is 16.7. The molecule has 2 bridgehead atoms. The number of hydrogen-bond donors (Lipinski definition) is 2. The summed E-state index contributed by atoms with van der Waals surface area (Å²) in [5.41, 5.74) is 0.622. The van der Waals surface area contributed by atoms with Gasteiger partial charge in [-0.3, -0.25) is 4.79 Å². The van der Waals surface area contributed by atoms with E-state index >= 15 is 0 Å². The molecule has 7 rings (SSSR count). The van der Waals surface area contributed by atoms with Crippen LogP contribution in [0.3, 0.4) is 0 Å². The Labute approximate surface area is 367 Å². The first-order chi connectivity index (χ1) is 29.5. The Hall–Kier alpha value is -2.31. The maximum atomic E-state index is 14.4. The van der Waals surface area contributed by atoms with Crippen molar-refractivity contribution in [1.82, 2.24) is 0 Å². The summed E-state index contributed by atoms with van der Waals surface area (Å²) in [5.74, 6) is -2.41. The Morgan fingerprint density at radius 2 is 1.53 bits per heavy atom. The summed E-state index contributed by atoms with van der Waals surface area (Å²) in [5, 5.41) is 23.2. The van der Waals surface area contributed by atoms with Crippen molar-refractivity contribution < 1.29 is 67.1 Å². The molecule has 14 nitrogen and oxygen atoms in total. The Bertz CT molecular complexity index is 1720. The lowest BCUT2D eigenvalue weighted by Gasteiger charge is -2.48. The fraction of sp³-hybridized carbons (Fsp3) is 0.771. The quantitative estimate of drug-likeness (QED) is 0.228. The number of methoxy groups -OCH3 is 3. The third-order valence-electron chi connectivity index (χ3n) is 14.2. The number of allylic oxidation sites excluding steroid dienone is 2. The van der Waals surface area contributed by atoms with Crippen LogP contribution in [0.1, 0.15) is 87.5 Å². The Balaban J connectivity index is 1.19. The minimum absolute atomic E-state index is 0.0944. The molecule has 1 aliphatic carbocycles. The standard InChI is InChI=1S/C48H72O14/c1-25(2)41-28(5)17-18-47(62-41)23-34-20-33(61-47)16-15-27(4)42(59-39-22-37(53-10)44(31(8)57-39)60-38-21-36(52-9)40(49)30(7)56-38)26(3)13-12-14-32-24-55-45-43(54-11)29(6)19-35(46(50)58-34)48(32,45)51/h12-15,17-19,25-26,28,30-31,33-45,49,51H,16,20-24H2,1-11H3/b13-12+,27-15+,32-14+/t26-,28-,30?,31?,33?,34-,35-,36?,37?,38?,39?,40?,41+,42-,43+,44?,45+,47+,48+/m0/s1. The summed E-state index contributed by atoms with van der Waals surface area (Å²) in [6, 6.07) is 0. The highest BCUT2D eigenvalue weighted by Gasteiger charge is 2.60. The third-order valence-corrected chi connectivity index (χ3v) is 14.2. The number of ether oxygens (including phenoxy) is 11. The molecule has 4 saturated heterocycles. The van der Waals surface area contributed by atoms with E-state index in [2.05, 4.69) is 46.8 Å². The molecule has 6 heterocycles. The molecule has 9 unspecified atom stereocenters. The molecule has 4 fully saturated rings. The number of carbonyl (C=O) groups is 1. The highest BCUT2D eigenvalue weighted by molar-refractivity contribution is 5.78. The van der Waals surface area contributed by atoms with Crippen LogP contribution in [0.5, 0.6) is 0 Å². The minimum atomic E-state index is -1.71. The van der Waals surface area contributed by atoms with Gasteiger partial charge in [-0.1, -0.05) is 64.2 Å². The molecule has 2 N–H and O–H groups in total. The average molecular weight is 873 g/mol. The van der Waals surface area contributed by atoms with Gasteiger partial charge < -0.3 is 62.3 Å². The molecule has 0 aromatic heterocycles. The Morgan fingerprint density at radius 3 is 2.24 bits per heavy atom. The first-order valence-corrected chi connectivity index (χ1v) is 22.7. The first-order valence-electron chi connectivity index (χ1n) is 22.7. The van der Waals surface area contributed by atoms with Gasteiger partial charge in [0.2, 0.25) is 0 Å². The molecule has 0 radical (unpaired) electrons. The molecular weight excluding hydrogens is 801 g/mol. The van der Waals surface area contributed by atoms with E-state index in [1.165, 1.54) is 0 Å². The van der Waals surface area contributed by atoms with E-state index in [0.29, 0.717) is 37.7 Å². The topological polar surface area (TPSA) is 159 Å². The number of carbonyl (C=O) groups excluding carboxylic acids is 1. The van der Waals surface area contributed by atoms with Crippen molar-refractivity contribution in [2.45, 2.75) is 185 Å². The summed E-state index contributed by atoms with van der Waals surface area (Å²) < 4.78 is 69.7. The maximum Gasteiger partial charge on any atom is 0.316 e. The highest BCUT2D eigenvalue weighted by Crippen LogP contribution is 2.47. The van der Waals surface area contributed by atoms with Crippen LogP contribution in [0.15, 0.2) is 59.3 Å². The predicted octanol–water partition coefficient (Wildman–Crippen LogP) is 5.64. The zero-order chi connectivity index (χ0) is 44.7. The second kappa shape index (κ2) is 19.7. The lowest BCUT2D eigenvalue weighted by molar-refractivity contribution is -0.318. The van der Waals surface area contributed by atoms with Crippen LogP contribution >= 0.6 is 0 Å². The molecule has 14 heteroatoms. The van der Waals surface area contributed by atoms with Gasteiger partial charge in [-0.05, 0) is 62.8 Å². The van der Waals surface area contributed by atoms with Gasteiger partial charge in [0.15, 0.2) is 18.4 Å². The number of aliphatic hydroxyl groups excluding tert-OH is 1. The molecule has 0 aromatic rings. The van der Waals surface area contributed by atoms with Crippen molar-refractivity contribution in [3.05, 3.63) is 59.3 Å². The summed E-state index contributed by atoms with van der Waals surface area (Å²) in [6.07, 6.45) is 8.94. The van der Waals surface area contributed by atoms with Crippen molar-refractivity contribution in [3.63, 3.8) is 0 Å². The van der Waals surface area contributed by atoms with Crippen LogP contribution in [0.4, 0.5) is 0 Å². The second-order valence-electron chi connectivity index (χ2n) is 19.0. The van der Waals surface area contributed by atoms with Crippen LogP contribution in [0.2, 0.25) is 0 Å². The van der Waals surface area contributed by atoms with E-state index in [4.69, 9.17) is 52.1 Å². The van der Waals surface area contributed by atoms with Crippen molar-refractivity contribution in [3.8, 4) is 0 Å². The van der Waals surface area contributed by atoms with Gasteiger partial charge in [0.1, 0.15) is 42.0 Å². The fourth-order valence-electron chi connectivity index (χ4n) is 10.7. The molecule has 0 amide bonds. The number of hydrogen-bond acceptors (Lipinski definition) is 14. The summed E-state index contributed by atoms with van der Waals surface area (Å²) >= 11 is 0. The molecular formula is C48H72O14. The molecule has 62 heavy (non-hydrogen) atoms. The summed E-state index contributed by atoms with van der Waals surface area (Å²) in [4.78, 5) is 14.4. The molecule has 19 atom stereocenters. The first kappa shape index (κ1) is 47.6. The van der Waals surface area contributed by atoms with Gasteiger partial charge in [0.25, 0.3) is 0 Å². The van der Waals surface area contributed by atoms with E-state index in [1.54, 1.807) is 34.3 Å². The Kier molecular flexibility index (Phi) is 15.1. The van der Waals surface area contributed by atoms with Gasteiger partial charge in [-0.25, -0.2) is 0 Å². The SMILES string of the molecule is COC1CC(OC2C(C)OC(O[C@@H]3/C(C)=C/CC4C[C@@H](C[C@]5(C=C[C@H](C)[C@@H](C(C)C)O5)O4)OC(=O)[C@@H]4C=C(C)[C@@H](OC)[C@H]5OC/C(=C\C=C\[C@@H]3C)[C@]54O)CC2OC)OC(C)C1O. The van der Waals surface area contributed by atoms with Gasteiger partial charge in [-0.2, -0.15) is 0 Å². The molecule has 6 aliphatic heterocycles. The number of fused-ring (bicyclic) bond motifs is 2. The lowest BCUT2D eigenvalue weighted by atomic mass is 9.70. The molecule has 0 saturated carbocycles. The van der Waals surface area contributed by atoms with Crippen LogP contribution in [-0.2, 0) is 56.9 Å². The summed E-state index contributed by atoms with van der Waals surface area (Å²) in [6.45, 7) is 16.3. The van der Waals surface area contributed by atoms with E-state index in [1.807, 2.05) is 38.2 Å². The van der Waals surface area contributed by atoms with Crippen LogP contribution in [0, 0.1) is 23.7 Å². The summed E-state index contributed by atoms with van der Waals surface area (Å²) in [7, 11) is 4.82. The van der Waals surface area contributed by atoms with E-state index in [0.717, 1.165) is 11.1 Å². The van der Waals surface area contributed by atoms with Crippen LogP contribution < -0.4 is 0 Å². The van der Waals surface area contributed by atoms with Crippen molar-refractivity contribution >= 4 is 5.97 Å². The van der Waals surface area contributed by atoms with Crippen LogP contribution in [0.25, 0.3) is 0 Å². The second-order valence-corrected chi connectivity index (χ2v) is 19.0. The number of aliphatic hydroxyl groups is 2. The van der Waals surface area contributed by atoms with E-state index in [-0.39, 0.29) is 42.7 Å². The molecule has 7 aliphatic rings. The maximum absolute atomic E-state index is 14.4. The molecule has 348 valence electrons. The molecule has 1 spiro atoms. The van der Waals surface area contributed by atoms with Crippen LogP contribution in [-0.4, -0.2) is 141 Å². The van der Waals surface area contributed by atoms with Crippen molar-refractivity contribution in [2.24, 2.45) is 23.7 Å². The lowest BCUT2D eigenvalue weighted by Crippen LogP contribution is -2.58. The van der Waals surface area contributed by atoms with Gasteiger partial charge in [0, 0.05) is 58.8 Å². The van der Waals surface area contributed by atoms with Gasteiger partial charge in [-0.15, -0.1) is 0 Å². The fourth-order valence-corrected chi connectivity index (χ4v) is 10.7. The smallest absolute Gasteiger partial charge is 0.316 e. The van der Waals surface area contributed by atoms with Crippen molar-refractivity contribution in [1.29, 1.82) is 0 Å². The molecule has 0 aromatic carbocycles. The number of esters is 1. The third kappa shape index (κ3) is 9.64. The number of rotatable bonds is 8. The Morgan fingerprint density at radius 1 is 0.823 bits per heavy atom. The zero-order valence-electron chi connectivity index (χ0n) is 38.5. The minimum Gasteiger partial charge on any atom is -0.462 e. The average Bonchev–Trinajstić information content (AvgIpc) is 3.56. The normalized spacial score (nSPS) is 48.7. The van der Waals surface area contributed by atoms with Crippen molar-refractivity contribution in [2.75, 3.05) is 27.9 Å². The van der Waals surface area contributed by atoms with E-state index < -0.39 is 90.8 Å². The predicted molar refractivity (Wildman–Crippen MR) is 227 cm³/mol. The zero-order valence-corrected chi connectivity index (χ0v) is 38.5. The monoisotopic (exact) mass is 872 g/mol. The van der Waals surface area contributed by atoms with E-state index in [9.17, 15) is 15.0 Å². The van der Waals surface area contributed by atoms with Gasteiger partial charge in [0.05, 0.1) is 49.3 Å². The largest absolute Gasteiger partial charge is 0.462 e. The van der Waals surface area contributed by atoms with Gasteiger partial charge >= 0.3 is 5.97 Å².